The topological polar surface area (TPSA) is 46.2 Å². The van der Waals surface area contributed by atoms with Gasteiger partial charge in [-0.15, -0.1) is 11.6 Å². The van der Waals surface area contributed by atoms with Gasteiger partial charge in [0.1, 0.15) is 0 Å². The number of aliphatic hydroxyl groups is 1. The average Bonchev–Trinajstić information content (AvgIpc) is 2.39. The van der Waals surface area contributed by atoms with Gasteiger partial charge in [0.15, 0.2) is 0 Å². The molecule has 1 rings (SSSR count). The van der Waals surface area contributed by atoms with Crippen LogP contribution in [0.3, 0.4) is 0 Å². The molecule has 1 atom stereocenters. The Morgan fingerprint density at radius 1 is 1.41 bits per heavy atom. The molecule has 0 aliphatic carbocycles. The molecule has 0 bridgehead atoms. The van der Waals surface area contributed by atoms with Gasteiger partial charge in [0, 0.05) is 12.4 Å². The van der Waals surface area contributed by atoms with E-state index in [4.69, 9.17) is 17.3 Å². The minimum Gasteiger partial charge on any atom is -0.387 e. The third kappa shape index (κ3) is 4.00. The smallest absolute Gasteiger partial charge is 0.0912 e. The van der Waals surface area contributed by atoms with Crippen LogP contribution in [0.25, 0.3) is 5.57 Å². The van der Waals surface area contributed by atoms with Gasteiger partial charge in [-0.05, 0) is 23.6 Å². The van der Waals surface area contributed by atoms with Gasteiger partial charge in [-0.3, -0.25) is 0 Å². The fraction of sp³-hybridized carbons (Fsp3) is 0.286. The van der Waals surface area contributed by atoms with Crippen LogP contribution in [-0.4, -0.2) is 17.5 Å². The number of aliphatic hydroxyl groups excluding tert-OH is 1. The van der Waals surface area contributed by atoms with Crippen LogP contribution in [0.15, 0.2) is 42.5 Å². The summed E-state index contributed by atoms with van der Waals surface area (Å²) in [6, 6.07) is 7.74. The predicted octanol–water partition coefficient (Wildman–Crippen LogP) is 2.88. The molecule has 17 heavy (non-hydrogen) atoms. The molecule has 0 saturated heterocycles. The first-order valence-corrected chi connectivity index (χ1v) is 6.13. The van der Waals surface area contributed by atoms with E-state index in [9.17, 15) is 5.11 Å². The van der Waals surface area contributed by atoms with E-state index in [-0.39, 0.29) is 6.54 Å². The van der Waals surface area contributed by atoms with Gasteiger partial charge in [-0.25, -0.2) is 0 Å². The maximum absolute atomic E-state index is 9.59. The predicted molar refractivity (Wildman–Crippen MR) is 74.0 cm³/mol. The van der Waals surface area contributed by atoms with Crippen molar-refractivity contribution < 1.29 is 5.11 Å². The van der Waals surface area contributed by atoms with Gasteiger partial charge in [0.2, 0.25) is 0 Å². The summed E-state index contributed by atoms with van der Waals surface area (Å²) in [7, 11) is 0. The zero-order valence-corrected chi connectivity index (χ0v) is 10.7. The number of hydrogen-bond acceptors (Lipinski definition) is 2. The Bertz CT molecular complexity index is 395. The summed E-state index contributed by atoms with van der Waals surface area (Å²) in [6.07, 6.45) is 5.33. The third-order valence-electron chi connectivity index (χ3n) is 2.55. The summed E-state index contributed by atoms with van der Waals surface area (Å²) in [4.78, 5) is 0. The highest BCUT2D eigenvalue weighted by atomic mass is 35.5. The molecule has 1 unspecified atom stereocenters. The highest BCUT2D eigenvalue weighted by molar-refractivity contribution is 6.19. The van der Waals surface area contributed by atoms with Gasteiger partial charge in [-0.2, -0.15) is 0 Å². The zero-order chi connectivity index (χ0) is 12.7. The van der Waals surface area contributed by atoms with Crippen molar-refractivity contribution in [1.29, 1.82) is 0 Å². The number of rotatable bonds is 5. The molecule has 0 aliphatic heterocycles. The summed E-state index contributed by atoms with van der Waals surface area (Å²) >= 11 is 5.61. The van der Waals surface area contributed by atoms with Crippen LogP contribution >= 0.6 is 11.6 Å². The van der Waals surface area contributed by atoms with E-state index >= 15 is 0 Å². The van der Waals surface area contributed by atoms with Crippen molar-refractivity contribution in [2.45, 2.75) is 13.0 Å². The molecule has 2 nitrogen and oxygen atoms in total. The quantitative estimate of drug-likeness (QED) is 0.624. The second kappa shape index (κ2) is 7.28. The summed E-state index contributed by atoms with van der Waals surface area (Å²) in [5, 5.41) is 9.59. The molecule has 1 aromatic rings. The molecule has 0 heterocycles. The van der Waals surface area contributed by atoms with Crippen LogP contribution < -0.4 is 5.73 Å². The minimum absolute atomic E-state index is 0.238. The summed E-state index contributed by atoms with van der Waals surface area (Å²) < 4.78 is 0. The Hall–Kier alpha value is -1.09. The number of hydrogen-bond donors (Lipinski definition) is 2. The fourth-order valence-corrected chi connectivity index (χ4v) is 1.65. The van der Waals surface area contributed by atoms with Crippen molar-refractivity contribution in [2.24, 2.45) is 5.73 Å². The van der Waals surface area contributed by atoms with E-state index in [0.29, 0.717) is 5.88 Å². The molecular formula is C14H18ClNO. The van der Waals surface area contributed by atoms with Crippen LogP contribution in [0.1, 0.15) is 24.2 Å². The maximum Gasteiger partial charge on any atom is 0.0912 e. The largest absolute Gasteiger partial charge is 0.387 e. The van der Waals surface area contributed by atoms with Crippen molar-refractivity contribution in [3.63, 3.8) is 0 Å². The SMILES string of the molecule is C/C=C(\C=C/CCl)c1ccc(C(O)CN)cc1. The molecule has 0 aliphatic rings. The van der Waals surface area contributed by atoms with Crippen molar-refractivity contribution in [1.82, 2.24) is 0 Å². The van der Waals surface area contributed by atoms with Crippen LogP contribution in [0.2, 0.25) is 0 Å². The van der Waals surface area contributed by atoms with Crippen molar-refractivity contribution in [3.05, 3.63) is 53.6 Å². The summed E-state index contributed by atoms with van der Waals surface area (Å²) in [5.41, 5.74) is 8.46. The summed E-state index contributed by atoms with van der Waals surface area (Å²) in [5.74, 6) is 0.501. The number of nitrogens with two attached hydrogens (primary N) is 1. The summed E-state index contributed by atoms with van der Waals surface area (Å²) in [6.45, 7) is 2.22. The normalized spacial score (nSPS) is 14.2. The lowest BCUT2D eigenvalue weighted by molar-refractivity contribution is 0.187. The lowest BCUT2D eigenvalue weighted by Crippen LogP contribution is -2.11. The minimum atomic E-state index is -0.587. The van der Waals surface area contributed by atoms with Gasteiger partial charge < -0.3 is 10.8 Å². The van der Waals surface area contributed by atoms with Crippen LogP contribution in [0.5, 0.6) is 0 Å². The van der Waals surface area contributed by atoms with E-state index in [1.807, 2.05) is 49.4 Å². The van der Waals surface area contributed by atoms with Crippen molar-refractivity contribution in [3.8, 4) is 0 Å². The highest BCUT2D eigenvalue weighted by Gasteiger charge is 2.04. The second-order valence-corrected chi connectivity index (χ2v) is 3.98. The molecule has 0 spiro atoms. The lowest BCUT2D eigenvalue weighted by atomic mass is 10.0. The molecule has 3 N–H and O–H groups in total. The molecule has 0 saturated carbocycles. The average molecular weight is 252 g/mol. The van der Waals surface area contributed by atoms with E-state index in [1.54, 1.807) is 0 Å². The lowest BCUT2D eigenvalue weighted by Gasteiger charge is -2.09. The standard InChI is InChI=1S/C14H18ClNO/c1-2-11(4-3-9-15)12-5-7-13(8-6-12)14(17)10-16/h2-8,14,17H,9-10,16H2,1H3/b4-3-,11-2+. The Balaban J connectivity index is 2.89. The van der Waals surface area contributed by atoms with E-state index in [2.05, 4.69) is 0 Å². The Morgan fingerprint density at radius 3 is 2.53 bits per heavy atom. The van der Waals surface area contributed by atoms with E-state index in [1.165, 1.54) is 0 Å². The molecule has 0 fully saturated rings. The fourth-order valence-electron chi connectivity index (χ4n) is 1.56. The Kier molecular flexibility index (Phi) is 5.98. The van der Waals surface area contributed by atoms with Gasteiger partial charge >= 0.3 is 0 Å². The molecule has 0 aromatic heterocycles. The Morgan fingerprint density at radius 2 is 2.06 bits per heavy atom. The first kappa shape index (κ1) is 14.0. The molecule has 0 radical (unpaired) electrons. The molecule has 3 heteroatoms. The first-order valence-electron chi connectivity index (χ1n) is 5.60. The maximum atomic E-state index is 9.59. The number of alkyl halides is 1. The number of allylic oxidation sites excluding steroid dienone is 4. The molecule has 0 amide bonds. The van der Waals surface area contributed by atoms with Gasteiger partial charge in [-0.1, -0.05) is 42.5 Å². The van der Waals surface area contributed by atoms with E-state index < -0.39 is 6.10 Å². The highest BCUT2D eigenvalue weighted by Crippen LogP contribution is 2.19. The second-order valence-electron chi connectivity index (χ2n) is 3.67. The number of halogens is 1. The van der Waals surface area contributed by atoms with Crippen LogP contribution in [-0.2, 0) is 0 Å². The van der Waals surface area contributed by atoms with Crippen LogP contribution in [0, 0.1) is 0 Å². The van der Waals surface area contributed by atoms with Gasteiger partial charge in [0.25, 0.3) is 0 Å². The van der Waals surface area contributed by atoms with Crippen molar-refractivity contribution >= 4 is 17.2 Å². The van der Waals surface area contributed by atoms with Crippen molar-refractivity contribution in [2.75, 3.05) is 12.4 Å². The monoisotopic (exact) mass is 251 g/mol. The van der Waals surface area contributed by atoms with E-state index in [0.717, 1.165) is 16.7 Å². The zero-order valence-electron chi connectivity index (χ0n) is 9.94. The molecule has 92 valence electrons. The van der Waals surface area contributed by atoms with Gasteiger partial charge in [0.05, 0.1) is 6.10 Å². The first-order chi connectivity index (χ1) is 8.22. The third-order valence-corrected chi connectivity index (χ3v) is 2.73. The number of benzene rings is 1. The van der Waals surface area contributed by atoms with Crippen LogP contribution in [0.4, 0.5) is 0 Å². The molecular weight excluding hydrogens is 234 g/mol. The molecule has 1 aromatic carbocycles. The Labute approximate surface area is 107 Å².